The van der Waals surface area contributed by atoms with Crippen molar-refractivity contribution in [3.8, 4) is 0 Å². The van der Waals surface area contributed by atoms with E-state index in [1.54, 1.807) is 12.1 Å². The van der Waals surface area contributed by atoms with E-state index in [1.807, 2.05) is 17.0 Å². The lowest BCUT2D eigenvalue weighted by atomic mass is 9.81. The standard InChI is InChI=1S/C16H21NO4S/c1-21-15(18)16-9-5-6-12(16)10-17(11-16)13-7-3-4-8-14(13)22(2,19)20/h3-4,7-8,12H,5-6,9-11H2,1-2H3. The fourth-order valence-corrected chi connectivity index (χ4v) is 4.94. The van der Waals surface area contributed by atoms with E-state index < -0.39 is 15.3 Å². The number of fused-ring (bicyclic) bond motifs is 1. The number of nitrogens with zero attached hydrogens (tertiary/aromatic N) is 1. The van der Waals surface area contributed by atoms with Gasteiger partial charge in [-0.05, 0) is 30.9 Å². The van der Waals surface area contributed by atoms with Gasteiger partial charge in [0.15, 0.2) is 9.84 Å². The first-order valence-corrected chi connectivity index (χ1v) is 9.40. The van der Waals surface area contributed by atoms with E-state index in [4.69, 9.17) is 4.74 Å². The largest absolute Gasteiger partial charge is 0.469 e. The number of methoxy groups -OCH3 is 1. The topological polar surface area (TPSA) is 63.7 Å². The third-order valence-corrected chi connectivity index (χ3v) is 6.21. The van der Waals surface area contributed by atoms with Crippen LogP contribution in [0.2, 0.25) is 0 Å². The number of carbonyl (C=O) groups is 1. The van der Waals surface area contributed by atoms with E-state index >= 15 is 0 Å². The molecule has 0 N–H and O–H groups in total. The van der Waals surface area contributed by atoms with Gasteiger partial charge in [-0.2, -0.15) is 0 Å². The lowest BCUT2D eigenvalue weighted by Gasteiger charge is -2.26. The minimum atomic E-state index is -3.30. The number of hydrogen-bond donors (Lipinski definition) is 0. The number of rotatable bonds is 3. The summed E-state index contributed by atoms with van der Waals surface area (Å²) in [4.78, 5) is 14.7. The molecule has 0 amide bonds. The number of esters is 1. The summed E-state index contributed by atoms with van der Waals surface area (Å²) in [5.74, 6) is 0.0851. The van der Waals surface area contributed by atoms with E-state index in [0.29, 0.717) is 23.7 Å². The van der Waals surface area contributed by atoms with E-state index in [1.165, 1.54) is 13.4 Å². The summed E-state index contributed by atoms with van der Waals surface area (Å²) in [6.45, 7) is 1.25. The Morgan fingerprint density at radius 3 is 2.77 bits per heavy atom. The molecular weight excluding hydrogens is 302 g/mol. The Kier molecular flexibility index (Phi) is 3.67. The van der Waals surface area contributed by atoms with Crippen LogP contribution in [-0.4, -0.2) is 40.8 Å². The second-order valence-corrected chi connectivity index (χ2v) is 8.34. The normalized spacial score (nSPS) is 27.7. The van der Waals surface area contributed by atoms with Crippen molar-refractivity contribution >= 4 is 21.5 Å². The number of ether oxygens (including phenoxy) is 1. The summed E-state index contributed by atoms with van der Waals surface area (Å²) in [7, 11) is -1.87. The van der Waals surface area contributed by atoms with Crippen molar-refractivity contribution in [3.05, 3.63) is 24.3 Å². The van der Waals surface area contributed by atoms with Crippen LogP contribution in [0.15, 0.2) is 29.2 Å². The van der Waals surface area contributed by atoms with Gasteiger partial charge in [0.25, 0.3) is 0 Å². The van der Waals surface area contributed by atoms with Gasteiger partial charge in [0.05, 0.1) is 23.1 Å². The van der Waals surface area contributed by atoms with Crippen LogP contribution in [0.3, 0.4) is 0 Å². The van der Waals surface area contributed by atoms with Gasteiger partial charge in [-0.25, -0.2) is 8.42 Å². The molecule has 1 aromatic carbocycles. The van der Waals surface area contributed by atoms with Gasteiger partial charge >= 0.3 is 5.97 Å². The molecule has 0 aromatic heterocycles. The average Bonchev–Trinajstić information content (AvgIpc) is 3.03. The van der Waals surface area contributed by atoms with Crippen LogP contribution in [0.1, 0.15) is 19.3 Å². The predicted octanol–water partition coefficient (Wildman–Crippen LogP) is 1.87. The molecule has 22 heavy (non-hydrogen) atoms. The zero-order chi connectivity index (χ0) is 16.0. The van der Waals surface area contributed by atoms with Crippen molar-refractivity contribution in [1.29, 1.82) is 0 Å². The molecule has 2 unspecified atom stereocenters. The molecule has 2 fully saturated rings. The van der Waals surface area contributed by atoms with Gasteiger partial charge in [0.1, 0.15) is 0 Å². The quantitative estimate of drug-likeness (QED) is 0.795. The van der Waals surface area contributed by atoms with Crippen molar-refractivity contribution in [2.75, 3.05) is 31.4 Å². The van der Waals surface area contributed by atoms with Crippen LogP contribution in [0.5, 0.6) is 0 Å². The van der Waals surface area contributed by atoms with Crippen LogP contribution in [0.25, 0.3) is 0 Å². The van der Waals surface area contributed by atoms with Gasteiger partial charge in [0, 0.05) is 19.3 Å². The molecule has 1 aromatic rings. The van der Waals surface area contributed by atoms with Crippen LogP contribution < -0.4 is 4.90 Å². The number of anilines is 1. The highest BCUT2D eigenvalue weighted by Gasteiger charge is 2.55. The molecule has 1 saturated carbocycles. The molecule has 1 aliphatic heterocycles. The Labute approximate surface area is 131 Å². The van der Waals surface area contributed by atoms with Crippen LogP contribution >= 0.6 is 0 Å². The first-order valence-electron chi connectivity index (χ1n) is 7.51. The molecule has 1 saturated heterocycles. The number of carbonyl (C=O) groups excluding carboxylic acids is 1. The Morgan fingerprint density at radius 1 is 1.36 bits per heavy atom. The Morgan fingerprint density at radius 2 is 2.09 bits per heavy atom. The van der Waals surface area contributed by atoms with Gasteiger partial charge in [-0.1, -0.05) is 18.6 Å². The first kappa shape index (κ1) is 15.3. The number of benzene rings is 1. The molecule has 5 nitrogen and oxygen atoms in total. The summed E-state index contributed by atoms with van der Waals surface area (Å²) in [6.07, 6.45) is 4.06. The van der Waals surface area contributed by atoms with E-state index in [0.717, 1.165) is 19.3 Å². The summed E-state index contributed by atoms with van der Waals surface area (Å²) in [5.41, 5.74) is 0.224. The Balaban J connectivity index is 1.99. The summed E-state index contributed by atoms with van der Waals surface area (Å²) >= 11 is 0. The number of para-hydroxylation sites is 1. The molecule has 120 valence electrons. The van der Waals surface area contributed by atoms with E-state index in [9.17, 15) is 13.2 Å². The maximum absolute atomic E-state index is 12.3. The van der Waals surface area contributed by atoms with Gasteiger partial charge in [0.2, 0.25) is 0 Å². The summed E-state index contributed by atoms with van der Waals surface area (Å²) < 4.78 is 29.1. The lowest BCUT2D eigenvalue weighted by molar-refractivity contribution is -0.152. The maximum Gasteiger partial charge on any atom is 0.313 e. The van der Waals surface area contributed by atoms with Crippen molar-refractivity contribution in [2.24, 2.45) is 11.3 Å². The molecule has 2 atom stereocenters. The highest BCUT2D eigenvalue weighted by Crippen LogP contribution is 2.50. The molecule has 6 heteroatoms. The summed E-state index contributed by atoms with van der Waals surface area (Å²) in [6, 6.07) is 7.02. The minimum Gasteiger partial charge on any atom is -0.469 e. The van der Waals surface area contributed by atoms with Crippen molar-refractivity contribution in [1.82, 2.24) is 0 Å². The Bertz CT molecular complexity index is 700. The zero-order valence-corrected chi connectivity index (χ0v) is 13.7. The fraction of sp³-hybridized carbons (Fsp3) is 0.562. The lowest BCUT2D eigenvalue weighted by Crippen LogP contribution is -2.37. The zero-order valence-electron chi connectivity index (χ0n) is 12.9. The van der Waals surface area contributed by atoms with Crippen molar-refractivity contribution in [3.63, 3.8) is 0 Å². The second kappa shape index (κ2) is 5.26. The Hall–Kier alpha value is -1.56. The monoisotopic (exact) mass is 323 g/mol. The SMILES string of the molecule is COC(=O)C12CCCC1CN(c1ccccc1S(C)(=O)=O)C2. The van der Waals surface area contributed by atoms with E-state index in [-0.39, 0.29) is 11.9 Å². The second-order valence-electron chi connectivity index (χ2n) is 6.36. The van der Waals surface area contributed by atoms with Gasteiger partial charge in [-0.15, -0.1) is 0 Å². The van der Waals surface area contributed by atoms with Gasteiger partial charge in [-0.3, -0.25) is 4.79 Å². The van der Waals surface area contributed by atoms with Crippen molar-refractivity contribution < 1.29 is 17.9 Å². The fourth-order valence-electron chi connectivity index (χ4n) is 4.04. The molecule has 2 aliphatic rings. The number of sulfone groups is 1. The van der Waals surface area contributed by atoms with Gasteiger partial charge < -0.3 is 9.64 Å². The third-order valence-electron chi connectivity index (χ3n) is 5.07. The molecule has 1 aliphatic carbocycles. The minimum absolute atomic E-state index is 0.158. The van der Waals surface area contributed by atoms with E-state index in [2.05, 4.69) is 0 Å². The molecule has 1 heterocycles. The average molecular weight is 323 g/mol. The highest BCUT2D eigenvalue weighted by molar-refractivity contribution is 7.90. The van der Waals surface area contributed by atoms with Crippen molar-refractivity contribution in [2.45, 2.75) is 24.2 Å². The smallest absolute Gasteiger partial charge is 0.313 e. The number of hydrogen-bond acceptors (Lipinski definition) is 5. The van der Waals surface area contributed by atoms with Crippen LogP contribution in [0.4, 0.5) is 5.69 Å². The third kappa shape index (κ3) is 2.29. The van der Waals surface area contributed by atoms with Crippen LogP contribution in [0, 0.1) is 11.3 Å². The molecule has 0 spiro atoms. The first-order chi connectivity index (χ1) is 10.4. The summed E-state index contributed by atoms with van der Waals surface area (Å²) in [5, 5.41) is 0. The maximum atomic E-state index is 12.3. The predicted molar refractivity (Wildman–Crippen MR) is 83.6 cm³/mol. The highest BCUT2D eigenvalue weighted by atomic mass is 32.2. The molecular formula is C16H21NO4S. The molecule has 0 bridgehead atoms. The molecule has 0 radical (unpaired) electrons. The molecule has 3 rings (SSSR count). The van der Waals surface area contributed by atoms with Crippen LogP contribution in [-0.2, 0) is 19.4 Å².